The van der Waals surface area contributed by atoms with Crippen LogP contribution in [0.15, 0.2) is 30.4 Å². The number of hydrogen-bond donors (Lipinski definition) is 2. The maximum Gasteiger partial charge on any atom is 0.340 e. The highest BCUT2D eigenvalue weighted by atomic mass is 16.5. The SMILES string of the molecule is CCOC(=O)c1cccc2c1N[C@@H](C(=O)O)[C@H]1CC=C[C@@H]21. The van der Waals surface area contributed by atoms with Crippen LogP contribution in [0.25, 0.3) is 0 Å². The Kier molecular flexibility index (Phi) is 3.41. The number of aliphatic carboxylic acids is 1. The van der Waals surface area contributed by atoms with Gasteiger partial charge in [0.15, 0.2) is 0 Å². The number of benzene rings is 1. The van der Waals surface area contributed by atoms with E-state index in [1.807, 2.05) is 24.3 Å². The molecule has 5 nitrogen and oxygen atoms in total. The minimum atomic E-state index is -0.891. The van der Waals surface area contributed by atoms with Crippen LogP contribution in [-0.2, 0) is 9.53 Å². The van der Waals surface area contributed by atoms with Crippen molar-refractivity contribution in [2.24, 2.45) is 5.92 Å². The summed E-state index contributed by atoms with van der Waals surface area (Å²) in [5, 5.41) is 12.5. The molecule has 0 fully saturated rings. The minimum Gasteiger partial charge on any atom is -0.480 e. The number of para-hydroxylation sites is 1. The quantitative estimate of drug-likeness (QED) is 0.659. The number of nitrogens with one attached hydrogen (secondary N) is 1. The Morgan fingerprint density at radius 3 is 2.95 bits per heavy atom. The summed E-state index contributed by atoms with van der Waals surface area (Å²) < 4.78 is 5.06. The third-order valence-corrected chi connectivity index (χ3v) is 4.16. The number of fused-ring (bicyclic) bond motifs is 3. The lowest BCUT2D eigenvalue weighted by Crippen LogP contribution is -2.42. The summed E-state index contributed by atoms with van der Waals surface area (Å²) in [6, 6.07) is 4.74. The number of carbonyl (C=O) groups is 2. The van der Waals surface area contributed by atoms with Crippen LogP contribution in [0, 0.1) is 5.92 Å². The molecule has 1 aromatic carbocycles. The highest BCUT2D eigenvalue weighted by molar-refractivity contribution is 5.98. The van der Waals surface area contributed by atoms with Gasteiger partial charge in [0.05, 0.1) is 17.9 Å². The van der Waals surface area contributed by atoms with E-state index in [1.54, 1.807) is 13.0 Å². The predicted molar refractivity (Wildman–Crippen MR) is 77.4 cm³/mol. The van der Waals surface area contributed by atoms with Gasteiger partial charge in [-0.25, -0.2) is 9.59 Å². The van der Waals surface area contributed by atoms with Gasteiger partial charge in [-0.15, -0.1) is 0 Å². The van der Waals surface area contributed by atoms with Crippen molar-refractivity contribution in [1.82, 2.24) is 0 Å². The molecule has 3 atom stereocenters. The fourth-order valence-electron chi connectivity index (χ4n) is 3.24. The number of ether oxygens (including phenoxy) is 1. The molecule has 0 unspecified atom stereocenters. The Morgan fingerprint density at radius 1 is 1.43 bits per heavy atom. The van der Waals surface area contributed by atoms with Crippen LogP contribution in [0.4, 0.5) is 5.69 Å². The molecule has 1 aliphatic carbocycles. The van der Waals surface area contributed by atoms with Gasteiger partial charge in [0, 0.05) is 11.8 Å². The number of rotatable bonds is 3. The fourth-order valence-corrected chi connectivity index (χ4v) is 3.24. The van der Waals surface area contributed by atoms with Crippen molar-refractivity contribution in [3.63, 3.8) is 0 Å². The summed E-state index contributed by atoms with van der Waals surface area (Å²) in [7, 11) is 0. The second-order valence-electron chi connectivity index (χ2n) is 5.30. The van der Waals surface area contributed by atoms with Gasteiger partial charge in [-0.3, -0.25) is 0 Å². The number of hydrogen-bond acceptors (Lipinski definition) is 4. The van der Waals surface area contributed by atoms with Crippen molar-refractivity contribution in [2.45, 2.75) is 25.3 Å². The first-order chi connectivity index (χ1) is 10.1. The largest absolute Gasteiger partial charge is 0.480 e. The van der Waals surface area contributed by atoms with Gasteiger partial charge in [0.2, 0.25) is 0 Å². The molecule has 0 spiro atoms. The number of allylic oxidation sites excluding steroid dienone is 2. The summed E-state index contributed by atoms with van der Waals surface area (Å²) in [4.78, 5) is 23.6. The summed E-state index contributed by atoms with van der Waals surface area (Å²) in [5.74, 6) is -1.28. The molecule has 1 aromatic rings. The van der Waals surface area contributed by atoms with Gasteiger partial charge in [-0.05, 0) is 25.0 Å². The van der Waals surface area contributed by atoms with Crippen LogP contribution in [-0.4, -0.2) is 29.7 Å². The van der Waals surface area contributed by atoms with Gasteiger partial charge in [0.25, 0.3) is 0 Å². The highest BCUT2D eigenvalue weighted by Gasteiger charge is 2.41. The second kappa shape index (κ2) is 5.24. The Labute approximate surface area is 122 Å². The van der Waals surface area contributed by atoms with Crippen LogP contribution in [0.1, 0.15) is 35.2 Å². The van der Waals surface area contributed by atoms with E-state index in [-0.39, 0.29) is 18.4 Å². The number of esters is 1. The fraction of sp³-hybridized carbons (Fsp3) is 0.375. The molecule has 110 valence electrons. The standard InChI is InChI=1S/C16H17NO4/c1-2-21-16(20)12-8-4-6-10-9-5-3-7-11(9)14(15(18)19)17-13(10)12/h3-6,8-9,11,14,17H,2,7H2,1H3,(H,18,19)/t9-,11-,14+/m0/s1. The molecule has 2 N–H and O–H groups in total. The lowest BCUT2D eigenvalue weighted by molar-refractivity contribution is -0.139. The highest BCUT2D eigenvalue weighted by Crippen LogP contribution is 2.45. The van der Waals surface area contributed by atoms with Crippen molar-refractivity contribution < 1.29 is 19.4 Å². The van der Waals surface area contributed by atoms with Crippen LogP contribution in [0.5, 0.6) is 0 Å². The molecule has 1 heterocycles. The number of carboxylic acids is 1. The van der Waals surface area contributed by atoms with Crippen molar-refractivity contribution >= 4 is 17.6 Å². The van der Waals surface area contributed by atoms with Crippen molar-refractivity contribution in [3.05, 3.63) is 41.5 Å². The molecule has 0 radical (unpaired) electrons. The Hall–Kier alpha value is -2.30. The van der Waals surface area contributed by atoms with E-state index in [0.29, 0.717) is 11.3 Å². The Morgan fingerprint density at radius 2 is 2.24 bits per heavy atom. The van der Waals surface area contributed by atoms with E-state index in [1.165, 1.54) is 0 Å². The minimum absolute atomic E-state index is 0.00699. The molecule has 0 saturated carbocycles. The van der Waals surface area contributed by atoms with E-state index < -0.39 is 18.0 Å². The third kappa shape index (κ3) is 2.18. The van der Waals surface area contributed by atoms with E-state index in [9.17, 15) is 14.7 Å². The topological polar surface area (TPSA) is 75.6 Å². The zero-order valence-electron chi connectivity index (χ0n) is 11.7. The van der Waals surface area contributed by atoms with Crippen LogP contribution in [0.2, 0.25) is 0 Å². The number of carbonyl (C=O) groups excluding carboxylic acids is 1. The van der Waals surface area contributed by atoms with Crippen molar-refractivity contribution in [3.8, 4) is 0 Å². The van der Waals surface area contributed by atoms with Crippen LogP contribution < -0.4 is 5.32 Å². The maximum absolute atomic E-state index is 12.1. The van der Waals surface area contributed by atoms with E-state index in [0.717, 1.165) is 12.0 Å². The average molecular weight is 287 g/mol. The molecule has 5 heteroatoms. The number of carboxylic acid groups (broad SMARTS) is 1. The summed E-state index contributed by atoms with van der Waals surface area (Å²) in [6.45, 7) is 2.04. The summed E-state index contributed by atoms with van der Waals surface area (Å²) >= 11 is 0. The van der Waals surface area contributed by atoms with Crippen LogP contribution >= 0.6 is 0 Å². The summed E-state index contributed by atoms with van der Waals surface area (Å²) in [6.07, 6.45) is 4.78. The molecule has 3 rings (SSSR count). The lowest BCUT2D eigenvalue weighted by atomic mass is 9.78. The van der Waals surface area contributed by atoms with Crippen LogP contribution in [0.3, 0.4) is 0 Å². The van der Waals surface area contributed by atoms with E-state index >= 15 is 0 Å². The monoisotopic (exact) mass is 287 g/mol. The zero-order valence-corrected chi connectivity index (χ0v) is 11.7. The Bertz CT molecular complexity index is 623. The molecule has 0 bridgehead atoms. The third-order valence-electron chi connectivity index (χ3n) is 4.16. The van der Waals surface area contributed by atoms with Crippen molar-refractivity contribution in [1.29, 1.82) is 0 Å². The smallest absolute Gasteiger partial charge is 0.340 e. The second-order valence-corrected chi connectivity index (χ2v) is 5.30. The first-order valence-electron chi connectivity index (χ1n) is 7.09. The van der Waals surface area contributed by atoms with Gasteiger partial charge in [-0.2, -0.15) is 0 Å². The van der Waals surface area contributed by atoms with E-state index in [2.05, 4.69) is 5.32 Å². The molecule has 1 aliphatic heterocycles. The normalized spacial score (nSPS) is 25.7. The maximum atomic E-state index is 12.1. The average Bonchev–Trinajstić information content (AvgIpc) is 2.95. The van der Waals surface area contributed by atoms with Gasteiger partial charge < -0.3 is 15.2 Å². The molecule has 2 aliphatic rings. The Balaban J connectivity index is 2.07. The molecule has 0 saturated heterocycles. The summed E-state index contributed by atoms with van der Waals surface area (Å²) in [5.41, 5.74) is 1.97. The van der Waals surface area contributed by atoms with Gasteiger partial charge in [-0.1, -0.05) is 24.3 Å². The van der Waals surface area contributed by atoms with Crippen molar-refractivity contribution in [2.75, 3.05) is 11.9 Å². The van der Waals surface area contributed by atoms with Gasteiger partial charge in [0.1, 0.15) is 6.04 Å². The first kappa shape index (κ1) is 13.7. The number of anilines is 1. The molecular weight excluding hydrogens is 270 g/mol. The zero-order chi connectivity index (χ0) is 15.0. The molecule has 0 aromatic heterocycles. The predicted octanol–water partition coefficient (Wildman–Crippen LogP) is 2.40. The van der Waals surface area contributed by atoms with E-state index in [4.69, 9.17) is 4.74 Å². The molecule has 21 heavy (non-hydrogen) atoms. The molecule has 0 amide bonds. The molecular formula is C16H17NO4. The lowest BCUT2D eigenvalue weighted by Gasteiger charge is -2.35. The first-order valence-corrected chi connectivity index (χ1v) is 7.09. The van der Waals surface area contributed by atoms with Gasteiger partial charge >= 0.3 is 11.9 Å².